The highest BCUT2D eigenvalue weighted by Gasteiger charge is 2.21. The number of benzene rings is 1. The number of hydrogen-bond donors (Lipinski definition) is 2. The van der Waals surface area contributed by atoms with Crippen LogP contribution in [-0.2, 0) is 6.54 Å². The van der Waals surface area contributed by atoms with Gasteiger partial charge in [0, 0.05) is 23.1 Å². The van der Waals surface area contributed by atoms with Gasteiger partial charge in [-0.1, -0.05) is 43.6 Å². The number of phenolic OH excluding ortho intramolecular Hbond substituents is 1. The molecule has 0 atom stereocenters. The predicted octanol–water partition coefficient (Wildman–Crippen LogP) is 3.93. The highest BCUT2D eigenvalue weighted by molar-refractivity contribution is 9.10. The molecule has 0 unspecified atom stereocenters. The highest BCUT2D eigenvalue weighted by atomic mass is 79.9. The lowest BCUT2D eigenvalue weighted by atomic mass is 9.81. The molecule has 2 N–H and O–H groups in total. The van der Waals surface area contributed by atoms with E-state index in [2.05, 4.69) is 48.9 Å². The minimum atomic E-state index is 0.266. The van der Waals surface area contributed by atoms with Crippen LogP contribution >= 0.6 is 15.9 Å². The number of phenols is 1. The van der Waals surface area contributed by atoms with Crippen LogP contribution in [0.5, 0.6) is 5.75 Å². The van der Waals surface area contributed by atoms with E-state index in [9.17, 15) is 5.11 Å². The molecule has 0 amide bonds. The molecule has 0 aliphatic carbocycles. The highest BCUT2D eigenvalue weighted by Crippen LogP contribution is 2.26. The molecule has 17 heavy (non-hydrogen) atoms. The molecule has 0 heterocycles. The molecule has 0 aliphatic heterocycles. The molecule has 0 fully saturated rings. The smallest absolute Gasteiger partial charge is 0.120 e. The minimum Gasteiger partial charge on any atom is -0.508 e. The molecule has 0 aromatic heterocycles. The zero-order valence-electron chi connectivity index (χ0n) is 11.0. The summed E-state index contributed by atoms with van der Waals surface area (Å²) in [5, 5.41) is 13.1. The summed E-state index contributed by atoms with van der Waals surface area (Å²) < 4.78 is 0.996. The lowest BCUT2D eigenvalue weighted by molar-refractivity contribution is 0.237. The predicted molar refractivity (Wildman–Crippen MR) is 76.1 cm³/mol. The van der Waals surface area contributed by atoms with Crippen molar-refractivity contribution in [3.05, 3.63) is 28.2 Å². The first kappa shape index (κ1) is 14.5. The standard InChI is InChI=1S/C14H22BrNO/c1-10(2)14(3,4)9-16-8-11-7-12(15)5-6-13(11)17/h5-7,10,16-17H,8-9H2,1-4H3. The Kier molecular flexibility index (Phi) is 5.02. The number of nitrogens with one attached hydrogen (secondary N) is 1. The van der Waals surface area contributed by atoms with Gasteiger partial charge in [0.05, 0.1) is 0 Å². The fourth-order valence-corrected chi connectivity index (χ4v) is 1.83. The first-order chi connectivity index (χ1) is 7.83. The van der Waals surface area contributed by atoms with Crippen LogP contribution in [0.15, 0.2) is 22.7 Å². The van der Waals surface area contributed by atoms with Gasteiger partial charge in [0.1, 0.15) is 5.75 Å². The van der Waals surface area contributed by atoms with E-state index in [1.165, 1.54) is 0 Å². The summed E-state index contributed by atoms with van der Waals surface area (Å²) >= 11 is 3.41. The summed E-state index contributed by atoms with van der Waals surface area (Å²) in [6, 6.07) is 5.51. The lowest BCUT2D eigenvalue weighted by Crippen LogP contribution is -2.33. The van der Waals surface area contributed by atoms with Gasteiger partial charge in [0.25, 0.3) is 0 Å². The Bertz CT molecular complexity index is 374. The summed E-state index contributed by atoms with van der Waals surface area (Å²) in [5.41, 5.74) is 1.20. The third-order valence-electron chi connectivity index (χ3n) is 3.50. The van der Waals surface area contributed by atoms with Crippen LogP contribution in [0, 0.1) is 11.3 Å². The SMILES string of the molecule is CC(C)C(C)(C)CNCc1cc(Br)ccc1O. The fourth-order valence-electron chi connectivity index (χ4n) is 1.42. The molecule has 2 nitrogen and oxygen atoms in total. The summed E-state index contributed by atoms with van der Waals surface area (Å²) in [6.45, 7) is 10.6. The molecule has 1 rings (SSSR count). The molecule has 0 saturated carbocycles. The Morgan fingerprint density at radius 2 is 2.00 bits per heavy atom. The molecule has 3 heteroatoms. The zero-order chi connectivity index (χ0) is 13.1. The van der Waals surface area contributed by atoms with Gasteiger partial charge in [-0.2, -0.15) is 0 Å². The maximum Gasteiger partial charge on any atom is 0.120 e. The number of aromatic hydroxyl groups is 1. The Hall–Kier alpha value is -0.540. The summed E-state index contributed by atoms with van der Waals surface area (Å²) in [4.78, 5) is 0. The maximum absolute atomic E-state index is 9.71. The van der Waals surface area contributed by atoms with E-state index in [4.69, 9.17) is 0 Å². The quantitative estimate of drug-likeness (QED) is 0.863. The Morgan fingerprint density at radius 3 is 2.59 bits per heavy atom. The van der Waals surface area contributed by atoms with Crippen molar-refractivity contribution in [3.8, 4) is 5.75 Å². The molecule has 0 radical (unpaired) electrons. The van der Waals surface area contributed by atoms with Gasteiger partial charge < -0.3 is 10.4 Å². The van der Waals surface area contributed by atoms with Gasteiger partial charge in [-0.05, 0) is 29.5 Å². The van der Waals surface area contributed by atoms with Crippen LogP contribution in [-0.4, -0.2) is 11.7 Å². The monoisotopic (exact) mass is 299 g/mol. The third-order valence-corrected chi connectivity index (χ3v) is 3.99. The normalized spacial score (nSPS) is 12.1. The summed E-state index contributed by atoms with van der Waals surface area (Å²) in [6.07, 6.45) is 0. The van der Waals surface area contributed by atoms with Gasteiger partial charge in [-0.15, -0.1) is 0 Å². The van der Waals surface area contributed by atoms with Gasteiger partial charge in [0.15, 0.2) is 0 Å². The zero-order valence-corrected chi connectivity index (χ0v) is 12.6. The molecule has 0 bridgehead atoms. The van der Waals surface area contributed by atoms with Crippen molar-refractivity contribution in [2.45, 2.75) is 34.2 Å². The molecule has 1 aromatic carbocycles. The average Bonchev–Trinajstić information content (AvgIpc) is 2.22. The van der Waals surface area contributed by atoms with Crippen molar-refractivity contribution in [2.75, 3.05) is 6.54 Å². The molecular weight excluding hydrogens is 278 g/mol. The van der Waals surface area contributed by atoms with Crippen LogP contribution in [0.25, 0.3) is 0 Å². The van der Waals surface area contributed by atoms with Crippen molar-refractivity contribution in [1.82, 2.24) is 5.32 Å². The van der Waals surface area contributed by atoms with Gasteiger partial charge >= 0.3 is 0 Å². The van der Waals surface area contributed by atoms with Crippen molar-refractivity contribution < 1.29 is 5.11 Å². The topological polar surface area (TPSA) is 32.3 Å². The van der Waals surface area contributed by atoms with E-state index >= 15 is 0 Å². The van der Waals surface area contributed by atoms with Crippen molar-refractivity contribution in [1.29, 1.82) is 0 Å². The Balaban J connectivity index is 2.54. The van der Waals surface area contributed by atoms with E-state index in [0.717, 1.165) is 16.6 Å². The first-order valence-corrected chi connectivity index (χ1v) is 6.80. The van der Waals surface area contributed by atoms with E-state index < -0.39 is 0 Å². The first-order valence-electron chi connectivity index (χ1n) is 6.01. The van der Waals surface area contributed by atoms with Gasteiger partial charge in [-0.3, -0.25) is 0 Å². The number of hydrogen-bond acceptors (Lipinski definition) is 2. The van der Waals surface area contributed by atoms with Crippen molar-refractivity contribution in [3.63, 3.8) is 0 Å². The molecule has 96 valence electrons. The second-order valence-electron chi connectivity index (χ2n) is 5.52. The molecule has 0 saturated heterocycles. The van der Waals surface area contributed by atoms with Crippen LogP contribution in [0.1, 0.15) is 33.3 Å². The van der Waals surface area contributed by atoms with E-state index in [0.29, 0.717) is 18.2 Å². The average molecular weight is 300 g/mol. The number of rotatable bonds is 5. The second-order valence-corrected chi connectivity index (χ2v) is 6.44. The fraction of sp³-hybridized carbons (Fsp3) is 0.571. The van der Waals surface area contributed by atoms with Crippen molar-refractivity contribution >= 4 is 15.9 Å². The number of halogens is 1. The van der Waals surface area contributed by atoms with Crippen molar-refractivity contribution in [2.24, 2.45) is 11.3 Å². The van der Waals surface area contributed by atoms with Crippen LogP contribution in [0.4, 0.5) is 0 Å². The maximum atomic E-state index is 9.71. The lowest BCUT2D eigenvalue weighted by Gasteiger charge is -2.29. The van der Waals surface area contributed by atoms with Crippen LogP contribution in [0.3, 0.4) is 0 Å². The van der Waals surface area contributed by atoms with Gasteiger partial charge in [-0.25, -0.2) is 0 Å². The Labute approximate surface area is 113 Å². The van der Waals surface area contributed by atoms with E-state index in [1.807, 2.05) is 12.1 Å². The summed E-state index contributed by atoms with van der Waals surface area (Å²) in [5.74, 6) is 0.981. The minimum absolute atomic E-state index is 0.266. The molecular formula is C14H22BrNO. The van der Waals surface area contributed by atoms with Crippen LogP contribution < -0.4 is 5.32 Å². The third kappa shape index (κ3) is 4.32. The molecule has 1 aromatic rings. The van der Waals surface area contributed by atoms with Crippen LogP contribution in [0.2, 0.25) is 0 Å². The molecule has 0 spiro atoms. The molecule has 0 aliphatic rings. The largest absolute Gasteiger partial charge is 0.508 e. The Morgan fingerprint density at radius 1 is 1.35 bits per heavy atom. The van der Waals surface area contributed by atoms with E-state index in [-0.39, 0.29) is 5.41 Å². The second kappa shape index (κ2) is 5.87. The van der Waals surface area contributed by atoms with Gasteiger partial charge in [0.2, 0.25) is 0 Å². The van der Waals surface area contributed by atoms with E-state index in [1.54, 1.807) is 6.07 Å². The summed E-state index contributed by atoms with van der Waals surface area (Å²) in [7, 11) is 0.